The number of hydrogen-bond acceptors (Lipinski definition) is 4. The SMILES string of the molecule is CCCCn1nnnc1CSc1c(Cl)cccc1Cl. The van der Waals surface area contributed by atoms with Gasteiger partial charge in [-0.05, 0) is 29.0 Å². The van der Waals surface area contributed by atoms with Gasteiger partial charge in [-0.15, -0.1) is 16.9 Å². The van der Waals surface area contributed by atoms with Crippen LogP contribution in [-0.2, 0) is 12.3 Å². The van der Waals surface area contributed by atoms with Crippen molar-refractivity contribution >= 4 is 35.0 Å². The van der Waals surface area contributed by atoms with Crippen molar-refractivity contribution in [2.24, 2.45) is 0 Å². The lowest BCUT2D eigenvalue weighted by atomic mass is 10.3. The molecule has 1 aromatic heterocycles. The van der Waals surface area contributed by atoms with Crippen LogP contribution in [0.5, 0.6) is 0 Å². The Morgan fingerprint density at radius 3 is 2.68 bits per heavy atom. The highest BCUT2D eigenvalue weighted by atomic mass is 35.5. The maximum atomic E-state index is 6.13. The summed E-state index contributed by atoms with van der Waals surface area (Å²) in [4.78, 5) is 0.871. The van der Waals surface area contributed by atoms with Gasteiger partial charge >= 0.3 is 0 Å². The van der Waals surface area contributed by atoms with Crippen LogP contribution in [0.15, 0.2) is 23.1 Å². The summed E-state index contributed by atoms with van der Waals surface area (Å²) in [6.45, 7) is 2.98. The Morgan fingerprint density at radius 2 is 2.00 bits per heavy atom. The van der Waals surface area contributed by atoms with Gasteiger partial charge in [0.05, 0.1) is 15.8 Å². The van der Waals surface area contributed by atoms with Crippen molar-refractivity contribution in [1.82, 2.24) is 20.2 Å². The molecule has 0 aliphatic carbocycles. The van der Waals surface area contributed by atoms with Gasteiger partial charge in [-0.3, -0.25) is 0 Å². The monoisotopic (exact) mass is 316 g/mol. The van der Waals surface area contributed by atoms with Crippen LogP contribution >= 0.6 is 35.0 Å². The van der Waals surface area contributed by atoms with Gasteiger partial charge in [-0.25, -0.2) is 4.68 Å². The number of halogens is 2. The minimum Gasteiger partial charge on any atom is -0.229 e. The second-order valence-corrected chi connectivity index (χ2v) is 5.81. The minimum atomic E-state index is 0.653. The summed E-state index contributed by atoms with van der Waals surface area (Å²) in [5.41, 5.74) is 0. The van der Waals surface area contributed by atoms with E-state index in [-0.39, 0.29) is 0 Å². The molecule has 0 aliphatic heterocycles. The summed E-state index contributed by atoms with van der Waals surface area (Å²) < 4.78 is 1.83. The predicted molar refractivity (Wildman–Crippen MR) is 78.7 cm³/mol. The van der Waals surface area contributed by atoms with Crippen LogP contribution in [0, 0.1) is 0 Å². The Hall–Kier alpha value is -0.780. The van der Waals surface area contributed by atoms with Crippen molar-refractivity contribution in [3.8, 4) is 0 Å². The number of aryl methyl sites for hydroxylation is 1. The number of benzene rings is 1. The molecule has 1 aromatic carbocycles. The maximum absolute atomic E-state index is 6.13. The molecule has 19 heavy (non-hydrogen) atoms. The smallest absolute Gasteiger partial charge is 0.161 e. The standard InChI is InChI=1S/C12H14Cl2N4S/c1-2-3-7-18-11(15-16-17-18)8-19-12-9(13)5-4-6-10(12)14/h4-6H,2-3,7-8H2,1H3. The van der Waals surface area contributed by atoms with Gasteiger partial charge in [0.15, 0.2) is 5.82 Å². The van der Waals surface area contributed by atoms with Crippen molar-refractivity contribution in [3.05, 3.63) is 34.1 Å². The molecule has 1 heterocycles. The van der Waals surface area contributed by atoms with Gasteiger partial charge in [0.1, 0.15) is 0 Å². The first-order valence-electron chi connectivity index (χ1n) is 6.04. The number of thioether (sulfide) groups is 1. The Labute approximate surface area is 126 Å². The molecule has 0 saturated carbocycles. The fourth-order valence-corrected chi connectivity index (χ4v) is 3.18. The van der Waals surface area contributed by atoms with E-state index in [1.807, 2.05) is 22.9 Å². The van der Waals surface area contributed by atoms with Crippen LogP contribution < -0.4 is 0 Å². The maximum Gasteiger partial charge on any atom is 0.161 e. The summed E-state index contributed by atoms with van der Waals surface area (Å²) in [5, 5.41) is 13.1. The summed E-state index contributed by atoms with van der Waals surface area (Å²) in [7, 11) is 0. The van der Waals surface area contributed by atoms with Gasteiger partial charge in [0.25, 0.3) is 0 Å². The predicted octanol–water partition coefficient (Wildman–Crippen LogP) is 4.07. The van der Waals surface area contributed by atoms with E-state index in [0.717, 1.165) is 30.1 Å². The van der Waals surface area contributed by atoms with E-state index in [0.29, 0.717) is 15.8 Å². The van der Waals surface area contributed by atoms with Crippen molar-refractivity contribution in [3.63, 3.8) is 0 Å². The van der Waals surface area contributed by atoms with Crippen LogP contribution in [0.4, 0.5) is 0 Å². The minimum absolute atomic E-state index is 0.653. The van der Waals surface area contributed by atoms with Crippen LogP contribution in [0.3, 0.4) is 0 Å². The molecule has 0 fully saturated rings. The molecule has 0 N–H and O–H groups in total. The molecular formula is C12H14Cl2N4S. The second kappa shape index (κ2) is 7.12. The highest BCUT2D eigenvalue weighted by Crippen LogP contribution is 2.35. The number of tetrazole rings is 1. The fourth-order valence-electron chi connectivity index (χ4n) is 1.57. The Morgan fingerprint density at radius 1 is 1.26 bits per heavy atom. The second-order valence-electron chi connectivity index (χ2n) is 4.01. The molecule has 102 valence electrons. The first-order valence-corrected chi connectivity index (χ1v) is 7.78. The zero-order valence-electron chi connectivity index (χ0n) is 10.5. The molecule has 0 saturated heterocycles. The van der Waals surface area contributed by atoms with Crippen LogP contribution in [0.25, 0.3) is 0 Å². The van der Waals surface area contributed by atoms with Crippen molar-refractivity contribution in [2.45, 2.75) is 37.0 Å². The summed E-state index contributed by atoms with van der Waals surface area (Å²) >= 11 is 13.8. The number of nitrogens with zero attached hydrogens (tertiary/aromatic N) is 4. The Bertz CT molecular complexity index is 524. The van der Waals surface area contributed by atoms with Gasteiger partial charge < -0.3 is 0 Å². The largest absolute Gasteiger partial charge is 0.229 e. The van der Waals surface area contributed by atoms with E-state index >= 15 is 0 Å². The van der Waals surface area contributed by atoms with Gasteiger partial charge in [0.2, 0.25) is 0 Å². The molecule has 0 unspecified atom stereocenters. The van der Waals surface area contributed by atoms with E-state index < -0.39 is 0 Å². The molecule has 2 aromatic rings. The molecule has 0 bridgehead atoms. The van der Waals surface area contributed by atoms with Crippen LogP contribution in [0.2, 0.25) is 10.0 Å². The molecule has 0 amide bonds. The molecule has 0 radical (unpaired) electrons. The van der Waals surface area contributed by atoms with E-state index in [9.17, 15) is 0 Å². The number of hydrogen-bond donors (Lipinski definition) is 0. The summed E-state index contributed by atoms with van der Waals surface area (Å²) in [6.07, 6.45) is 2.18. The highest BCUT2D eigenvalue weighted by Gasteiger charge is 2.10. The molecule has 2 rings (SSSR count). The lowest BCUT2D eigenvalue weighted by Gasteiger charge is -2.06. The number of unbranched alkanes of at least 4 members (excludes halogenated alkanes) is 1. The van der Waals surface area contributed by atoms with Crippen LogP contribution in [-0.4, -0.2) is 20.2 Å². The van der Waals surface area contributed by atoms with Gasteiger partial charge in [-0.2, -0.15) is 0 Å². The first-order chi connectivity index (χ1) is 9.22. The quantitative estimate of drug-likeness (QED) is 0.753. The number of aromatic nitrogens is 4. The average Bonchev–Trinajstić information content (AvgIpc) is 2.83. The van der Waals surface area contributed by atoms with Crippen molar-refractivity contribution < 1.29 is 0 Å². The Balaban J connectivity index is 2.04. The van der Waals surface area contributed by atoms with E-state index in [4.69, 9.17) is 23.2 Å². The molecule has 4 nitrogen and oxygen atoms in total. The third-order valence-electron chi connectivity index (χ3n) is 2.59. The number of rotatable bonds is 6. The molecule has 0 spiro atoms. The zero-order valence-corrected chi connectivity index (χ0v) is 12.8. The highest BCUT2D eigenvalue weighted by molar-refractivity contribution is 7.98. The fraction of sp³-hybridized carbons (Fsp3) is 0.417. The molecule has 7 heteroatoms. The lowest BCUT2D eigenvalue weighted by Crippen LogP contribution is -2.05. The average molecular weight is 317 g/mol. The third-order valence-corrected chi connectivity index (χ3v) is 4.58. The zero-order chi connectivity index (χ0) is 13.7. The first kappa shape index (κ1) is 14.6. The van der Waals surface area contributed by atoms with Crippen molar-refractivity contribution in [1.29, 1.82) is 0 Å². The van der Waals surface area contributed by atoms with Crippen LogP contribution in [0.1, 0.15) is 25.6 Å². The van der Waals surface area contributed by atoms with E-state index in [1.165, 1.54) is 0 Å². The lowest BCUT2D eigenvalue weighted by molar-refractivity contribution is 0.540. The van der Waals surface area contributed by atoms with E-state index in [1.54, 1.807) is 11.8 Å². The van der Waals surface area contributed by atoms with Crippen molar-refractivity contribution in [2.75, 3.05) is 0 Å². The summed E-state index contributed by atoms with van der Waals surface area (Å²) in [5.74, 6) is 1.50. The summed E-state index contributed by atoms with van der Waals surface area (Å²) in [6, 6.07) is 5.49. The van der Waals surface area contributed by atoms with E-state index in [2.05, 4.69) is 22.4 Å². The normalized spacial score (nSPS) is 10.9. The third kappa shape index (κ3) is 3.84. The Kier molecular flexibility index (Phi) is 5.48. The topological polar surface area (TPSA) is 43.6 Å². The molecule has 0 atom stereocenters. The van der Waals surface area contributed by atoms with Gasteiger partial charge in [-0.1, -0.05) is 42.6 Å². The molecule has 0 aliphatic rings. The molecular weight excluding hydrogens is 303 g/mol. The van der Waals surface area contributed by atoms with Gasteiger partial charge in [0, 0.05) is 11.4 Å².